The van der Waals surface area contributed by atoms with E-state index in [1.54, 1.807) is 6.08 Å². The van der Waals surface area contributed by atoms with Crippen molar-refractivity contribution >= 4 is 5.97 Å². The normalized spacial score (nSPS) is 30.8. The van der Waals surface area contributed by atoms with Gasteiger partial charge in [-0.2, -0.15) is 0 Å². The van der Waals surface area contributed by atoms with E-state index < -0.39 is 0 Å². The summed E-state index contributed by atoms with van der Waals surface area (Å²) < 4.78 is 5.59. The molecule has 0 heterocycles. The van der Waals surface area contributed by atoms with Gasteiger partial charge in [0.2, 0.25) is 0 Å². The zero-order valence-corrected chi connectivity index (χ0v) is 16.4. The Morgan fingerprint density at radius 2 is 1.56 bits per heavy atom. The molecule has 0 atom stereocenters. The van der Waals surface area contributed by atoms with E-state index in [4.69, 9.17) is 4.74 Å². The highest BCUT2D eigenvalue weighted by Gasteiger charge is 2.31. The van der Waals surface area contributed by atoms with Crippen LogP contribution in [0.4, 0.5) is 0 Å². The fourth-order valence-corrected chi connectivity index (χ4v) is 4.76. The van der Waals surface area contributed by atoms with Crippen molar-refractivity contribution < 1.29 is 9.53 Å². The topological polar surface area (TPSA) is 26.3 Å². The lowest BCUT2D eigenvalue weighted by Gasteiger charge is -2.37. The van der Waals surface area contributed by atoms with Gasteiger partial charge < -0.3 is 4.74 Å². The maximum Gasteiger partial charge on any atom is 0.331 e. The Bertz CT molecular complexity index is 421. The quantitative estimate of drug-likeness (QED) is 0.214. The second kappa shape index (κ2) is 11.5. The van der Waals surface area contributed by atoms with Gasteiger partial charge in [-0.15, -0.1) is 0 Å². The Hall–Kier alpha value is -1.05. The summed E-state index contributed by atoms with van der Waals surface area (Å²) in [5.74, 6) is 2.64. The van der Waals surface area contributed by atoms with E-state index in [0.717, 1.165) is 30.6 Å². The molecular weight excluding hydrogens is 308 g/mol. The van der Waals surface area contributed by atoms with Crippen LogP contribution in [0, 0.1) is 17.8 Å². The molecule has 0 bridgehead atoms. The van der Waals surface area contributed by atoms with Crippen molar-refractivity contribution in [2.45, 2.75) is 97.0 Å². The van der Waals surface area contributed by atoms with Gasteiger partial charge in [0.25, 0.3) is 0 Å². The summed E-state index contributed by atoms with van der Waals surface area (Å²) in [6.07, 6.45) is 23.3. The van der Waals surface area contributed by atoms with Gasteiger partial charge in [-0.1, -0.05) is 63.7 Å². The Morgan fingerprint density at radius 1 is 0.920 bits per heavy atom. The van der Waals surface area contributed by atoms with Gasteiger partial charge in [0, 0.05) is 6.08 Å². The van der Waals surface area contributed by atoms with Crippen molar-refractivity contribution in [2.75, 3.05) is 0 Å². The van der Waals surface area contributed by atoms with Gasteiger partial charge in [-0.25, -0.2) is 4.79 Å². The molecule has 0 radical (unpaired) electrons. The fraction of sp³-hybridized carbons (Fsp3) is 0.783. The van der Waals surface area contributed by atoms with Crippen LogP contribution in [0.15, 0.2) is 24.3 Å². The predicted octanol–water partition coefficient (Wildman–Crippen LogP) is 6.61. The number of ether oxygens (including phenoxy) is 1. The standard InChI is InChI=1S/C23H38O2/c1-3-5-7-9-19-11-13-20(14-12-19)21-15-17-22(18-16-21)25-23(24)10-8-6-4-2/h4,6,8,10,19-22H,3,5,7,9,11-18H2,1-2H3/b6-4+,10-8+. The van der Waals surface area contributed by atoms with E-state index >= 15 is 0 Å². The third kappa shape index (κ3) is 7.38. The van der Waals surface area contributed by atoms with Crippen molar-refractivity contribution in [3.8, 4) is 0 Å². The monoisotopic (exact) mass is 346 g/mol. The van der Waals surface area contributed by atoms with Gasteiger partial charge in [-0.05, 0) is 63.2 Å². The van der Waals surface area contributed by atoms with Crippen LogP contribution in [0.1, 0.15) is 90.9 Å². The summed E-state index contributed by atoms with van der Waals surface area (Å²) in [6, 6.07) is 0. The molecule has 25 heavy (non-hydrogen) atoms. The van der Waals surface area contributed by atoms with Crippen LogP contribution in [0.3, 0.4) is 0 Å². The first kappa shape index (κ1) is 20.3. The molecule has 0 aromatic heterocycles. The number of carbonyl (C=O) groups is 1. The van der Waals surface area contributed by atoms with Crippen LogP contribution in [-0.2, 0) is 9.53 Å². The highest BCUT2D eigenvalue weighted by molar-refractivity contribution is 5.82. The molecule has 2 rings (SSSR count). The molecule has 142 valence electrons. The second-order valence-corrected chi connectivity index (χ2v) is 8.14. The molecule has 0 N–H and O–H groups in total. The number of esters is 1. The molecule has 2 aliphatic rings. The van der Waals surface area contributed by atoms with Gasteiger partial charge in [0.15, 0.2) is 0 Å². The fourth-order valence-electron chi connectivity index (χ4n) is 4.76. The average Bonchev–Trinajstić information content (AvgIpc) is 2.63. The molecule has 0 amide bonds. The number of rotatable bonds is 8. The summed E-state index contributed by atoms with van der Waals surface area (Å²) in [5.41, 5.74) is 0. The summed E-state index contributed by atoms with van der Waals surface area (Å²) >= 11 is 0. The molecule has 0 saturated heterocycles. The molecule has 0 spiro atoms. The highest BCUT2D eigenvalue weighted by Crippen LogP contribution is 2.41. The first-order valence-electron chi connectivity index (χ1n) is 10.7. The number of hydrogen-bond acceptors (Lipinski definition) is 2. The lowest BCUT2D eigenvalue weighted by molar-refractivity contribution is -0.145. The highest BCUT2D eigenvalue weighted by atomic mass is 16.5. The molecule has 0 aromatic carbocycles. The zero-order chi connectivity index (χ0) is 17.9. The van der Waals surface area contributed by atoms with Crippen molar-refractivity contribution in [3.05, 3.63) is 24.3 Å². The minimum atomic E-state index is -0.186. The Kier molecular flexibility index (Phi) is 9.36. The van der Waals surface area contributed by atoms with Crippen molar-refractivity contribution in [3.63, 3.8) is 0 Å². The maximum absolute atomic E-state index is 11.8. The van der Waals surface area contributed by atoms with Crippen LogP contribution < -0.4 is 0 Å². The van der Waals surface area contributed by atoms with Crippen LogP contribution in [-0.4, -0.2) is 12.1 Å². The smallest absolute Gasteiger partial charge is 0.331 e. The Balaban J connectivity index is 1.63. The van der Waals surface area contributed by atoms with Crippen molar-refractivity contribution in [1.29, 1.82) is 0 Å². The second-order valence-electron chi connectivity index (χ2n) is 8.14. The first-order chi connectivity index (χ1) is 12.2. The van der Waals surface area contributed by atoms with E-state index in [0.29, 0.717) is 0 Å². The van der Waals surface area contributed by atoms with E-state index in [9.17, 15) is 4.79 Å². The molecule has 2 nitrogen and oxygen atoms in total. The lowest BCUT2D eigenvalue weighted by atomic mass is 9.70. The first-order valence-corrected chi connectivity index (χ1v) is 10.7. The third-order valence-corrected chi connectivity index (χ3v) is 6.31. The molecular formula is C23H38O2. The number of unbranched alkanes of at least 4 members (excludes halogenated alkanes) is 2. The van der Waals surface area contributed by atoms with E-state index in [-0.39, 0.29) is 12.1 Å². The van der Waals surface area contributed by atoms with Crippen LogP contribution >= 0.6 is 0 Å². The molecule has 2 aliphatic carbocycles. The molecule has 0 aliphatic heterocycles. The Labute approximate surface area is 155 Å². The summed E-state index contributed by atoms with van der Waals surface area (Å²) in [4.78, 5) is 11.8. The summed E-state index contributed by atoms with van der Waals surface area (Å²) in [6.45, 7) is 4.23. The minimum Gasteiger partial charge on any atom is -0.459 e. The van der Waals surface area contributed by atoms with Gasteiger partial charge >= 0.3 is 5.97 Å². The van der Waals surface area contributed by atoms with Crippen LogP contribution in [0.2, 0.25) is 0 Å². The van der Waals surface area contributed by atoms with Crippen molar-refractivity contribution in [2.24, 2.45) is 17.8 Å². The summed E-state index contributed by atoms with van der Waals surface area (Å²) in [5, 5.41) is 0. The van der Waals surface area contributed by atoms with Gasteiger partial charge in [0.1, 0.15) is 6.10 Å². The predicted molar refractivity (Wildman–Crippen MR) is 105 cm³/mol. The van der Waals surface area contributed by atoms with Crippen LogP contribution in [0.25, 0.3) is 0 Å². The third-order valence-electron chi connectivity index (χ3n) is 6.31. The number of allylic oxidation sites excluding steroid dienone is 3. The SMILES string of the molecule is C/C=C/C=C/C(=O)OC1CCC(C2CCC(CCCCC)CC2)CC1. The lowest BCUT2D eigenvalue weighted by Crippen LogP contribution is -2.29. The Morgan fingerprint density at radius 3 is 2.16 bits per heavy atom. The molecule has 2 fully saturated rings. The zero-order valence-electron chi connectivity index (χ0n) is 16.4. The number of carbonyl (C=O) groups excluding carboxylic acids is 1. The van der Waals surface area contributed by atoms with E-state index in [2.05, 4.69) is 6.92 Å². The molecule has 2 saturated carbocycles. The summed E-state index contributed by atoms with van der Waals surface area (Å²) in [7, 11) is 0. The largest absolute Gasteiger partial charge is 0.459 e. The van der Waals surface area contributed by atoms with Crippen LogP contribution in [0.5, 0.6) is 0 Å². The maximum atomic E-state index is 11.8. The van der Waals surface area contributed by atoms with E-state index in [1.165, 1.54) is 70.3 Å². The van der Waals surface area contributed by atoms with Gasteiger partial charge in [0.05, 0.1) is 0 Å². The molecule has 0 unspecified atom stereocenters. The molecule has 0 aromatic rings. The minimum absolute atomic E-state index is 0.143. The van der Waals surface area contributed by atoms with Crippen molar-refractivity contribution in [1.82, 2.24) is 0 Å². The average molecular weight is 347 g/mol. The van der Waals surface area contributed by atoms with Gasteiger partial charge in [-0.3, -0.25) is 0 Å². The van der Waals surface area contributed by atoms with E-state index in [1.807, 2.05) is 19.1 Å². The molecule has 2 heteroatoms. The number of hydrogen-bond donors (Lipinski definition) is 0.